The minimum atomic E-state index is -0.606. The molecular weight excluding hydrogens is 296 g/mol. The van der Waals surface area contributed by atoms with E-state index in [1.807, 2.05) is 27.7 Å². The molecule has 1 aliphatic heterocycles. The summed E-state index contributed by atoms with van der Waals surface area (Å²) in [6.45, 7) is 7.82. The number of rotatable bonds is 3. The van der Waals surface area contributed by atoms with Crippen LogP contribution in [0.5, 0.6) is 0 Å². The summed E-state index contributed by atoms with van der Waals surface area (Å²) >= 11 is 0. The Balaban J connectivity index is 1.73. The average Bonchev–Trinajstić information content (AvgIpc) is 2.59. The smallest absolute Gasteiger partial charge is 0.399 e. The van der Waals surface area contributed by atoms with Gasteiger partial charge in [0.15, 0.2) is 0 Å². The Hall–Kier alpha value is -1.40. The highest BCUT2D eigenvalue weighted by atomic mass is 19.1. The molecule has 0 atom stereocenters. The first-order valence-corrected chi connectivity index (χ1v) is 8.15. The van der Waals surface area contributed by atoms with Crippen molar-refractivity contribution < 1.29 is 18.5 Å². The summed E-state index contributed by atoms with van der Waals surface area (Å²) in [5.74, 6) is -0.541. The highest BCUT2D eigenvalue weighted by Gasteiger charge is 2.51. The standard InChI is InChI=1S/C17H23BFNO3/c1-16(2)17(3,4)23-18(22-16)12-8-9-14(13(19)10-12)20-15(21)11-6-5-7-11/h8-11H,5-7H2,1-4H3,(H,20,21). The molecule has 124 valence electrons. The molecule has 3 rings (SSSR count). The van der Waals surface area contributed by atoms with Crippen LogP contribution >= 0.6 is 0 Å². The van der Waals surface area contributed by atoms with Gasteiger partial charge in [-0.05, 0) is 58.1 Å². The highest BCUT2D eigenvalue weighted by molar-refractivity contribution is 6.62. The summed E-state index contributed by atoms with van der Waals surface area (Å²) in [5, 5.41) is 2.67. The maximum absolute atomic E-state index is 14.3. The average molecular weight is 319 g/mol. The molecule has 1 aromatic rings. The number of carbonyl (C=O) groups excluding carboxylic acids is 1. The molecule has 0 bridgehead atoms. The van der Waals surface area contributed by atoms with Crippen LogP contribution in [0.3, 0.4) is 0 Å². The van der Waals surface area contributed by atoms with E-state index in [9.17, 15) is 9.18 Å². The van der Waals surface area contributed by atoms with E-state index >= 15 is 0 Å². The topological polar surface area (TPSA) is 47.6 Å². The molecule has 1 aliphatic carbocycles. The van der Waals surface area contributed by atoms with Crippen LogP contribution in [0.4, 0.5) is 10.1 Å². The fourth-order valence-corrected chi connectivity index (χ4v) is 2.66. The van der Waals surface area contributed by atoms with E-state index in [0.29, 0.717) is 5.46 Å². The van der Waals surface area contributed by atoms with Gasteiger partial charge in [-0.3, -0.25) is 4.79 Å². The summed E-state index contributed by atoms with van der Waals surface area (Å²) in [6, 6.07) is 4.69. The van der Waals surface area contributed by atoms with Gasteiger partial charge >= 0.3 is 7.12 Å². The molecule has 23 heavy (non-hydrogen) atoms. The number of carbonyl (C=O) groups is 1. The van der Waals surface area contributed by atoms with Crippen molar-refractivity contribution in [3.05, 3.63) is 24.0 Å². The van der Waals surface area contributed by atoms with Crippen LogP contribution in [0.25, 0.3) is 0 Å². The summed E-state index contributed by atoms with van der Waals surface area (Å²) < 4.78 is 26.1. The first-order valence-electron chi connectivity index (χ1n) is 8.15. The van der Waals surface area contributed by atoms with Crippen molar-refractivity contribution in [2.75, 3.05) is 5.32 Å². The van der Waals surface area contributed by atoms with Gasteiger partial charge in [0.1, 0.15) is 5.82 Å². The van der Waals surface area contributed by atoms with Crippen molar-refractivity contribution >= 4 is 24.2 Å². The Morgan fingerprint density at radius 3 is 2.30 bits per heavy atom. The Morgan fingerprint density at radius 2 is 1.83 bits per heavy atom. The zero-order valence-electron chi connectivity index (χ0n) is 14.1. The lowest BCUT2D eigenvalue weighted by Crippen LogP contribution is -2.41. The third-order valence-electron chi connectivity index (χ3n) is 5.25. The predicted molar refractivity (Wildman–Crippen MR) is 88.1 cm³/mol. The molecule has 1 aromatic carbocycles. The van der Waals surface area contributed by atoms with Crippen molar-refractivity contribution in [1.82, 2.24) is 0 Å². The van der Waals surface area contributed by atoms with Gasteiger partial charge in [0.25, 0.3) is 0 Å². The third kappa shape index (κ3) is 3.02. The minimum absolute atomic E-state index is 0.0252. The summed E-state index contributed by atoms with van der Waals surface area (Å²) in [5.41, 5.74) is -0.110. The molecule has 1 heterocycles. The number of nitrogens with one attached hydrogen (secondary N) is 1. The molecule has 6 heteroatoms. The number of hydrogen-bond acceptors (Lipinski definition) is 3. The fraction of sp³-hybridized carbons (Fsp3) is 0.588. The third-order valence-corrected chi connectivity index (χ3v) is 5.25. The second-order valence-electron chi connectivity index (χ2n) is 7.44. The second-order valence-corrected chi connectivity index (χ2v) is 7.44. The molecule has 0 aromatic heterocycles. The first kappa shape index (κ1) is 16.5. The number of halogens is 1. The van der Waals surface area contributed by atoms with E-state index in [0.717, 1.165) is 19.3 Å². The van der Waals surface area contributed by atoms with E-state index in [1.54, 1.807) is 12.1 Å². The Labute approximate surface area is 136 Å². The van der Waals surface area contributed by atoms with Gasteiger partial charge in [-0.2, -0.15) is 0 Å². The lowest BCUT2D eigenvalue weighted by molar-refractivity contribution is -0.122. The molecule has 0 radical (unpaired) electrons. The molecule has 1 amide bonds. The van der Waals surface area contributed by atoms with Crippen LogP contribution in [0.1, 0.15) is 47.0 Å². The van der Waals surface area contributed by atoms with E-state index in [4.69, 9.17) is 9.31 Å². The van der Waals surface area contributed by atoms with Crippen molar-refractivity contribution in [1.29, 1.82) is 0 Å². The second kappa shape index (κ2) is 5.60. The van der Waals surface area contributed by atoms with Crippen LogP contribution in [-0.2, 0) is 14.1 Å². The number of anilines is 1. The monoisotopic (exact) mass is 319 g/mol. The van der Waals surface area contributed by atoms with Crippen molar-refractivity contribution in [3.63, 3.8) is 0 Å². The molecule has 0 unspecified atom stereocenters. The molecular formula is C17H23BFNO3. The van der Waals surface area contributed by atoms with Crippen LogP contribution < -0.4 is 10.8 Å². The molecule has 0 spiro atoms. The van der Waals surface area contributed by atoms with Gasteiger partial charge in [0, 0.05) is 5.92 Å². The molecule has 4 nitrogen and oxygen atoms in total. The summed E-state index contributed by atoms with van der Waals surface area (Å²) in [6.07, 6.45) is 2.85. The van der Waals surface area contributed by atoms with Crippen molar-refractivity contribution in [3.8, 4) is 0 Å². The van der Waals surface area contributed by atoms with Crippen LogP contribution in [-0.4, -0.2) is 24.2 Å². The minimum Gasteiger partial charge on any atom is -0.399 e. The van der Waals surface area contributed by atoms with Gasteiger partial charge in [-0.15, -0.1) is 0 Å². The van der Waals surface area contributed by atoms with E-state index in [2.05, 4.69) is 5.32 Å². The molecule has 2 fully saturated rings. The van der Waals surface area contributed by atoms with Gasteiger partial charge in [-0.25, -0.2) is 4.39 Å². The predicted octanol–water partition coefficient (Wildman–Crippen LogP) is 2.86. The fourth-order valence-electron chi connectivity index (χ4n) is 2.66. The molecule has 1 saturated heterocycles. The zero-order chi connectivity index (χ0) is 16.8. The summed E-state index contributed by atoms with van der Waals surface area (Å²) in [4.78, 5) is 11.9. The normalized spacial score (nSPS) is 22.7. The Morgan fingerprint density at radius 1 is 1.22 bits per heavy atom. The molecule has 1 N–H and O–H groups in total. The lowest BCUT2D eigenvalue weighted by Gasteiger charge is -2.32. The maximum atomic E-state index is 14.3. The Kier molecular flexibility index (Phi) is 4.01. The maximum Gasteiger partial charge on any atom is 0.494 e. The molecule has 2 aliphatic rings. The SMILES string of the molecule is CC1(C)OB(c2ccc(NC(=O)C3CCC3)c(F)c2)OC1(C)C. The van der Waals surface area contributed by atoms with Gasteiger partial charge < -0.3 is 14.6 Å². The Bertz CT molecular complexity index is 612. The van der Waals surface area contributed by atoms with Crippen LogP contribution in [0.2, 0.25) is 0 Å². The summed E-state index contributed by atoms with van der Waals surface area (Å²) in [7, 11) is -0.606. The van der Waals surface area contributed by atoms with Gasteiger partial charge in [0.2, 0.25) is 5.91 Å². The highest BCUT2D eigenvalue weighted by Crippen LogP contribution is 2.36. The number of amides is 1. The number of hydrogen-bond donors (Lipinski definition) is 1. The van der Waals surface area contributed by atoms with Crippen molar-refractivity contribution in [2.45, 2.75) is 58.2 Å². The zero-order valence-corrected chi connectivity index (χ0v) is 14.1. The van der Waals surface area contributed by atoms with E-state index in [-0.39, 0.29) is 17.5 Å². The lowest BCUT2D eigenvalue weighted by atomic mass is 9.79. The van der Waals surface area contributed by atoms with Gasteiger partial charge in [-0.1, -0.05) is 12.5 Å². The quantitative estimate of drug-likeness (QED) is 0.872. The largest absolute Gasteiger partial charge is 0.494 e. The molecule has 1 saturated carbocycles. The first-order chi connectivity index (χ1) is 10.7. The van der Waals surface area contributed by atoms with Crippen LogP contribution in [0, 0.1) is 11.7 Å². The van der Waals surface area contributed by atoms with E-state index < -0.39 is 24.1 Å². The van der Waals surface area contributed by atoms with E-state index in [1.165, 1.54) is 6.07 Å². The van der Waals surface area contributed by atoms with Gasteiger partial charge in [0.05, 0.1) is 16.9 Å². The van der Waals surface area contributed by atoms with Crippen LogP contribution in [0.15, 0.2) is 18.2 Å². The van der Waals surface area contributed by atoms with Crippen molar-refractivity contribution in [2.24, 2.45) is 5.92 Å². The number of benzene rings is 1.